The molecule has 2 amide bonds. The minimum Gasteiger partial charge on any atom is -0.497 e. The second-order valence-electron chi connectivity index (χ2n) is 6.14. The minimum absolute atomic E-state index is 0.183. The molecule has 0 unspecified atom stereocenters. The lowest BCUT2D eigenvalue weighted by atomic mass is 10.1. The van der Waals surface area contributed by atoms with Crippen LogP contribution >= 0.6 is 0 Å². The van der Waals surface area contributed by atoms with Gasteiger partial charge >= 0.3 is 0 Å². The number of hydrogen-bond donors (Lipinski definition) is 1. The average molecular weight is 354 g/mol. The summed E-state index contributed by atoms with van der Waals surface area (Å²) in [6.07, 6.45) is 1.53. The fourth-order valence-corrected chi connectivity index (χ4v) is 3.02. The van der Waals surface area contributed by atoms with Gasteiger partial charge in [0.2, 0.25) is 5.91 Å². The van der Waals surface area contributed by atoms with Crippen LogP contribution in [0.5, 0.6) is 11.5 Å². The Kier molecular flexibility index (Phi) is 5.41. The van der Waals surface area contributed by atoms with Crippen molar-refractivity contribution in [3.63, 3.8) is 0 Å². The third-order valence-corrected chi connectivity index (χ3v) is 4.38. The summed E-state index contributed by atoms with van der Waals surface area (Å²) in [7, 11) is 3.07. The Balaban J connectivity index is 1.73. The number of carbonyl (C=O) groups excluding carboxylic acids is 2. The van der Waals surface area contributed by atoms with Gasteiger partial charge in [-0.05, 0) is 36.2 Å². The molecule has 136 valence electrons. The van der Waals surface area contributed by atoms with Gasteiger partial charge in [0, 0.05) is 31.3 Å². The highest BCUT2D eigenvalue weighted by atomic mass is 16.5. The predicted octanol–water partition coefficient (Wildman–Crippen LogP) is 3.08. The SMILES string of the molecule is COc1ccc(C(=O)Nc2cccc(CN3CCCC3=O)c2)c(OC)c1. The van der Waals surface area contributed by atoms with E-state index in [1.54, 1.807) is 25.3 Å². The molecular formula is C20H22N2O4. The molecule has 0 aliphatic carbocycles. The highest BCUT2D eigenvalue weighted by Gasteiger charge is 2.20. The smallest absolute Gasteiger partial charge is 0.259 e. The number of likely N-dealkylation sites (tertiary alicyclic amines) is 1. The number of nitrogens with one attached hydrogen (secondary N) is 1. The van der Waals surface area contributed by atoms with Crippen LogP contribution in [-0.2, 0) is 11.3 Å². The number of amides is 2. The molecule has 1 heterocycles. The maximum Gasteiger partial charge on any atom is 0.259 e. The first kappa shape index (κ1) is 17.8. The van der Waals surface area contributed by atoms with E-state index in [4.69, 9.17) is 9.47 Å². The molecule has 2 aromatic carbocycles. The fraction of sp³-hybridized carbons (Fsp3) is 0.300. The normalized spacial score (nSPS) is 13.6. The Morgan fingerprint density at radius 1 is 1.15 bits per heavy atom. The molecule has 1 saturated heterocycles. The summed E-state index contributed by atoms with van der Waals surface area (Å²) < 4.78 is 10.4. The maximum absolute atomic E-state index is 12.6. The third kappa shape index (κ3) is 3.96. The topological polar surface area (TPSA) is 67.9 Å². The highest BCUT2D eigenvalue weighted by molar-refractivity contribution is 6.06. The maximum atomic E-state index is 12.6. The minimum atomic E-state index is -0.265. The summed E-state index contributed by atoms with van der Waals surface area (Å²) in [6, 6.07) is 12.6. The van der Waals surface area contributed by atoms with Gasteiger partial charge in [0.25, 0.3) is 5.91 Å². The van der Waals surface area contributed by atoms with Crippen LogP contribution in [0.2, 0.25) is 0 Å². The lowest BCUT2D eigenvalue weighted by Gasteiger charge is -2.16. The van der Waals surface area contributed by atoms with E-state index in [2.05, 4.69) is 5.32 Å². The molecule has 1 aliphatic heterocycles. The lowest BCUT2D eigenvalue weighted by molar-refractivity contribution is -0.128. The van der Waals surface area contributed by atoms with Gasteiger partial charge in [0.15, 0.2) is 0 Å². The lowest BCUT2D eigenvalue weighted by Crippen LogP contribution is -2.23. The van der Waals surface area contributed by atoms with Crippen LogP contribution in [0.1, 0.15) is 28.8 Å². The van der Waals surface area contributed by atoms with E-state index in [1.165, 1.54) is 7.11 Å². The molecule has 0 radical (unpaired) electrons. The van der Waals surface area contributed by atoms with Gasteiger partial charge in [-0.25, -0.2) is 0 Å². The average Bonchev–Trinajstić information content (AvgIpc) is 3.06. The molecule has 2 aromatic rings. The number of benzene rings is 2. The van der Waals surface area contributed by atoms with E-state index >= 15 is 0 Å². The van der Waals surface area contributed by atoms with E-state index in [9.17, 15) is 9.59 Å². The van der Waals surface area contributed by atoms with E-state index in [1.807, 2.05) is 29.2 Å². The van der Waals surface area contributed by atoms with Crippen molar-refractivity contribution in [3.8, 4) is 11.5 Å². The molecule has 0 bridgehead atoms. The molecule has 1 fully saturated rings. The molecule has 3 rings (SSSR count). The first-order valence-corrected chi connectivity index (χ1v) is 8.51. The van der Waals surface area contributed by atoms with Gasteiger partial charge in [0.05, 0.1) is 19.8 Å². The summed E-state index contributed by atoms with van der Waals surface area (Å²) in [4.78, 5) is 26.2. The highest BCUT2D eigenvalue weighted by Crippen LogP contribution is 2.25. The van der Waals surface area contributed by atoms with Crippen molar-refractivity contribution in [2.45, 2.75) is 19.4 Å². The van der Waals surface area contributed by atoms with E-state index < -0.39 is 0 Å². The zero-order chi connectivity index (χ0) is 18.5. The Morgan fingerprint density at radius 3 is 2.69 bits per heavy atom. The van der Waals surface area contributed by atoms with Crippen molar-refractivity contribution in [2.24, 2.45) is 0 Å². The molecule has 0 spiro atoms. The standard InChI is InChI=1S/C20H22N2O4/c1-25-16-8-9-17(18(12-16)26-2)20(24)21-15-6-3-5-14(11-15)13-22-10-4-7-19(22)23/h3,5-6,8-9,11-12H,4,7,10,13H2,1-2H3,(H,21,24). The van der Waals surface area contributed by atoms with Crippen molar-refractivity contribution in [1.82, 2.24) is 4.90 Å². The van der Waals surface area contributed by atoms with E-state index in [-0.39, 0.29) is 11.8 Å². The first-order valence-electron chi connectivity index (χ1n) is 8.51. The van der Waals surface area contributed by atoms with Crippen molar-refractivity contribution >= 4 is 17.5 Å². The van der Waals surface area contributed by atoms with Gasteiger partial charge in [-0.1, -0.05) is 12.1 Å². The number of anilines is 1. The van der Waals surface area contributed by atoms with Gasteiger partial charge < -0.3 is 19.7 Å². The summed E-state index contributed by atoms with van der Waals surface area (Å²) in [5, 5.41) is 2.88. The molecule has 0 saturated carbocycles. The number of hydrogen-bond acceptors (Lipinski definition) is 4. The largest absolute Gasteiger partial charge is 0.497 e. The summed E-state index contributed by atoms with van der Waals surface area (Å²) in [5.74, 6) is 0.984. The molecule has 1 N–H and O–H groups in total. The summed E-state index contributed by atoms with van der Waals surface area (Å²) in [6.45, 7) is 1.35. The van der Waals surface area contributed by atoms with Crippen LogP contribution in [0.4, 0.5) is 5.69 Å². The zero-order valence-electron chi connectivity index (χ0n) is 15.0. The molecule has 0 atom stereocenters. The summed E-state index contributed by atoms with van der Waals surface area (Å²) >= 11 is 0. The number of ether oxygens (including phenoxy) is 2. The third-order valence-electron chi connectivity index (χ3n) is 4.38. The van der Waals surface area contributed by atoms with Crippen molar-refractivity contribution in [1.29, 1.82) is 0 Å². The molecule has 1 aliphatic rings. The van der Waals surface area contributed by atoms with Crippen LogP contribution < -0.4 is 14.8 Å². The van der Waals surface area contributed by atoms with Crippen LogP contribution in [0.15, 0.2) is 42.5 Å². The van der Waals surface area contributed by atoms with Gasteiger partial charge in [-0.3, -0.25) is 9.59 Å². The second kappa shape index (κ2) is 7.91. The Labute approximate surface area is 152 Å². The number of carbonyl (C=O) groups is 2. The van der Waals surface area contributed by atoms with Gasteiger partial charge in [-0.2, -0.15) is 0 Å². The van der Waals surface area contributed by atoms with Crippen molar-refractivity contribution in [2.75, 3.05) is 26.1 Å². The Hall–Kier alpha value is -3.02. The van der Waals surface area contributed by atoms with Gasteiger partial charge in [0.1, 0.15) is 11.5 Å². The molecule has 26 heavy (non-hydrogen) atoms. The number of rotatable bonds is 6. The number of nitrogens with zero attached hydrogens (tertiary/aromatic N) is 1. The Morgan fingerprint density at radius 2 is 2.00 bits per heavy atom. The van der Waals surface area contributed by atoms with Crippen molar-refractivity contribution < 1.29 is 19.1 Å². The van der Waals surface area contributed by atoms with Gasteiger partial charge in [-0.15, -0.1) is 0 Å². The number of methoxy groups -OCH3 is 2. The molecule has 6 nitrogen and oxygen atoms in total. The zero-order valence-corrected chi connectivity index (χ0v) is 15.0. The van der Waals surface area contributed by atoms with Crippen LogP contribution in [0.25, 0.3) is 0 Å². The van der Waals surface area contributed by atoms with Crippen LogP contribution in [0, 0.1) is 0 Å². The molecular weight excluding hydrogens is 332 g/mol. The quantitative estimate of drug-likeness (QED) is 0.866. The molecule has 0 aromatic heterocycles. The van der Waals surface area contributed by atoms with E-state index in [0.29, 0.717) is 35.7 Å². The van der Waals surface area contributed by atoms with Crippen molar-refractivity contribution in [3.05, 3.63) is 53.6 Å². The van der Waals surface area contributed by atoms with E-state index in [0.717, 1.165) is 18.5 Å². The fourth-order valence-electron chi connectivity index (χ4n) is 3.02. The molecule has 6 heteroatoms. The monoisotopic (exact) mass is 354 g/mol. The van der Waals surface area contributed by atoms with Crippen LogP contribution in [-0.4, -0.2) is 37.5 Å². The second-order valence-corrected chi connectivity index (χ2v) is 6.14. The predicted molar refractivity (Wildman–Crippen MR) is 98.6 cm³/mol. The first-order chi connectivity index (χ1) is 12.6. The summed E-state index contributed by atoms with van der Waals surface area (Å²) in [5.41, 5.74) is 2.09. The Bertz CT molecular complexity index is 819. The van der Waals surface area contributed by atoms with Crippen LogP contribution in [0.3, 0.4) is 0 Å².